The first-order chi connectivity index (χ1) is 14.0. The second kappa shape index (κ2) is 9.30. The van der Waals surface area contributed by atoms with Crippen molar-refractivity contribution in [2.24, 2.45) is 23.2 Å². The van der Waals surface area contributed by atoms with Gasteiger partial charge in [-0.05, 0) is 107 Å². The van der Waals surface area contributed by atoms with E-state index in [1.807, 2.05) is 0 Å². The first-order valence-electron chi connectivity index (χ1n) is 12.2. The van der Waals surface area contributed by atoms with Crippen LogP contribution in [0.1, 0.15) is 91.9 Å². The molecule has 30 heavy (non-hydrogen) atoms. The minimum absolute atomic E-state index is 0.215. The lowest BCUT2D eigenvalue weighted by atomic mass is 9.60. The summed E-state index contributed by atoms with van der Waals surface area (Å²) in [5, 5.41) is 30.3. The van der Waals surface area contributed by atoms with E-state index in [0.717, 1.165) is 25.7 Å². The second-order valence-corrected chi connectivity index (χ2v) is 11.3. The molecule has 0 saturated heterocycles. The lowest BCUT2D eigenvalue weighted by Gasteiger charge is -2.44. The molecular formula is C27H44O3. The van der Waals surface area contributed by atoms with Crippen LogP contribution in [0.2, 0.25) is 0 Å². The Morgan fingerprint density at radius 3 is 2.60 bits per heavy atom. The Labute approximate surface area is 184 Å². The zero-order valence-electron chi connectivity index (χ0n) is 19.7. The van der Waals surface area contributed by atoms with Gasteiger partial charge in [0.05, 0.1) is 17.8 Å². The molecule has 6 atom stereocenters. The average Bonchev–Trinajstić information content (AvgIpc) is 3.03. The molecule has 0 aromatic carbocycles. The monoisotopic (exact) mass is 416 g/mol. The predicted molar refractivity (Wildman–Crippen MR) is 124 cm³/mol. The maximum absolute atomic E-state index is 10.3. The molecule has 3 aliphatic rings. The van der Waals surface area contributed by atoms with Gasteiger partial charge in [-0.2, -0.15) is 0 Å². The number of hydrogen-bond donors (Lipinski definition) is 3. The summed E-state index contributed by atoms with van der Waals surface area (Å²) in [6, 6.07) is 0. The fraction of sp³-hybridized carbons (Fsp3) is 0.778. The fourth-order valence-corrected chi connectivity index (χ4v) is 6.58. The molecule has 3 heteroatoms. The van der Waals surface area contributed by atoms with Crippen LogP contribution in [0, 0.1) is 23.2 Å². The molecule has 2 unspecified atom stereocenters. The Bertz CT molecular complexity index is 683. The minimum Gasteiger partial charge on any atom is -0.393 e. The summed E-state index contributed by atoms with van der Waals surface area (Å²) in [5.74, 6) is 1.89. The quantitative estimate of drug-likeness (QED) is 0.520. The first-order valence-corrected chi connectivity index (χ1v) is 12.2. The Hall–Kier alpha value is -0.900. The van der Waals surface area contributed by atoms with Gasteiger partial charge in [0.2, 0.25) is 0 Å². The summed E-state index contributed by atoms with van der Waals surface area (Å²) in [5.41, 5.74) is 3.34. The van der Waals surface area contributed by atoms with Crippen LogP contribution < -0.4 is 0 Å². The normalized spacial score (nSPS) is 37.4. The van der Waals surface area contributed by atoms with Crippen LogP contribution in [0.25, 0.3) is 0 Å². The molecule has 0 amide bonds. The van der Waals surface area contributed by atoms with Crippen molar-refractivity contribution in [3.05, 3.63) is 35.5 Å². The van der Waals surface area contributed by atoms with Gasteiger partial charge < -0.3 is 15.3 Å². The Balaban J connectivity index is 1.69. The number of hydrogen-bond acceptors (Lipinski definition) is 3. The predicted octanol–water partition coefficient (Wildman–Crippen LogP) is 5.70. The summed E-state index contributed by atoms with van der Waals surface area (Å²) in [4.78, 5) is 0. The molecule has 3 saturated carbocycles. The topological polar surface area (TPSA) is 60.7 Å². The number of allylic oxidation sites excluding steroid dienone is 4. The molecule has 0 heterocycles. The van der Waals surface area contributed by atoms with Crippen LogP contribution in [0.4, 0.5) is 0 Å². The van der Waals surface area contributed by atoms with E-state index in [1.165, 1.54) is 43.3 Å². The number of aliphatic hydroxyl groups is 3. The lowest BCUT2D eigenvalue weighted by molar-refractivity contribution is -0.0554. The zero-order valence-corrected chi connectivity index (χ0v) is 19.7. The smallest absolute Gasteiger partial charge is 0.0849 e. The number of aliphatic hydroxyl groups excluding tert-OH is 2. The third-order valence-electron chi connectivity index (χ3n) is 8.62. The SMILES string of the molecule is C=C1CC[C@H](O)CC1=CC=C1CCC[C@@]2(C)C1CC[C@@H]2[C@H](C)CCC(O)C(C)(C)O. The molecular weight excluding hydrogens is 372 g/mol. The Morgan fingerprint density at radius 2 is 1.90 bits per heavy atom. The molecule has 0 spiro atoms. The van der Waals surface area contributed by atoms with Gasteiger partial charge in [0, 0.05) is 0 Å². The van der Waals surface area contributed by atoms with E-state index in [-0.39, 0.29) is 6.10 Å². The van der Waals surface area contributed by atoms with Crippen LogP contribution in [0.15, 0.2) is 35.5 Å². The molecule has 0 aromatic rings. The van der Waals surface area contributed by atoms with Crippen molar-refractivity contribution in [1.82, 2.24) is 0 Å². The standard InChI is InChI=1S/C27H44O3/c1-18-8-12-22(28)17-21(18)11-10-20-7-6-16-27(5)23(13-14-24(20)27)19(2)9-15-25(29)26(3,4)30/h10-11,19,22-25,28-30H,1,6-9,12-17H2,2-5H3/t19-,22+,23-,24?,25?,27-/m1/s1. The van der Waals surface area contributed by atoms with Crippen LogP contribution in [0.3, 0.4) is 0 Å². The summed E-state index contributed by atoms with van der Waals surface area (Å²) < 4.78 is 0. The van der Waals surface area contributed by atoms with Crippen molar-refractivity contribution in [3.63, 3.8) is 0 Å². The number of rotatable bonds is 6. The molecule has 0 aliphatic heterocycles. The highest BCUT2D eigenvalue weighted by atomic mass is 16.3. The zero-order chi connectivity index (χ0) is 22.1. The molecule has 0 aromatic heterocycles. The van der Waals surface area contributed by atoms with Crippen molar-refractivity contribution >= 4 is 0 Å². The average molecular weight is 417 g/mol. The van der Waals surface area contributed by atoms with Gasteiger partial charge in [0.25, 0.3) is 0 Å². The van der Waals surface area contributed by atoms with E-state index in [4.69, 9.17) is 0 Å². The summed E-state index contributed by atoms with van der Waals surface area (Å²) >= 11 is 0. The Morgan fingerprint density at radius 1 is 1.17 bits per heavy atom. The van der Waals surface area contributed by atoms with E-state index in [1.54, 1.807) is 19.4 Å². The highest BCUT2D eigenvalue weighted by Gasteiger charge is 2.50. The molecule has 3 fully saturated rings. The van der Waals surface area contributed by atoms with Gasteiger partial charge in [-0.1, -0.05) is 43.7 Å². The van der Waals surface area contributed by atoms with Crippen LogP contribution in [0.5, 0.6) is 0 Å². The molecule has 3 nitrogen and oxygen atoms in total. The minimum atomic E-state index is -1.02. The second-order valence-electron chi connectivity index (χ2n) is 11.3. The Kier molecular flexibility index (Phi) is 7.37. The summed E-state index contributed by atoms with van der Waals surface area (Å²) in [6.07, 6.45) is 14.1. The van der Waals surface area contributed by atoms with Gasteiger partial charge >= 0.3 is 0 Å². The molecule has 0 bridgehead atoms. The highest BCUT2D eigenvalue weighted by molar-refractivity contribution is 5.36. The van der Waals surface area contributed by atoms with E-state index in [2.05, 4.69) is 32.6 Å². The van der Waals surface area contributed by atoms with Crippen LogP contribution in [-0.4, -0.2) is 33.1 Å². The first kappa shape index (κ1) is 23.8. The maximum Gasteiger partial charge on any atom is 0.0849 e. The molecule has 3 rings (SSSR count). The van der Waals surface area contributed by atoms with Gasteiger partial charge in [0.15, 0.2) is 0 Å². The molecule has 3 N–H and O–H groups in total. The van der Waals surface area contributed by atoms with E-state index >= 15 is 0 Å². The van der Waals surface area contributed by atoms with Crippen LogP contribution in [-0.2, 0) is 0 Å². The van der Waals surface area contributed by atoms with Crippen molar-refractivity contribution in [2.75, 3.05) is 0 Å². The fourth-order valence-electron chi connectivity index (χ4n) is 6.58. The van der Waals surface area contributed by atoms with Crippen LogP contribution >= 0.6 is 0 Å². The van der Waals surface area contributed by atoms with Gasteiger partial charge in [0.1, 0.15) is 0 Å². The largest absolute Gasteiger partial charge is 0.393 e. The van der Waals surface area contributed by atoms with Gasteiger partial charge in [-0.25, -0.2) is 0 Å². The van der Waals surface area contributed by atoms with Crippen molar-refractivity contribution in [3.8, 4) is 0 Å². The summed E-state index contributed by atoms with van der Waals surface area (Å²) in [7, 11) is 0. The van der Waals surface area contributed by atoms with Gasteiger partial charge in [-0.15, -0.1) is 0 Å². The maximum atomic E-state index is 10.3. The molecule has 170 valence electrons. The third kappa shape index (κ3) is 5.11. The van der Waals surface area contributed by atoms with Crippen molar-refractivity contribution in [1.29, 1.82) is 0 Å². The summed E-state index contributed by atoms with van der Waals surface area (Å²) in [6.45, 7) is 12.5. The van der Waals surface area contributed by atoms with Gasteiger partial charge in [-0.3, -0.25) is 0 Å². The third-order valence-corrected chi connectivity index (χ3v) is 8.62. The molecule has 3 aliphatic carbocycles. The molecule has 0 radical (unpaired) electrons. The van der Waals surface area contributed by atoms with E-state index in [9.17, 15) is 15.3 Å². The highest BCUT2D eigenvalue weighted by Crippen LogP contribution is 2.60. The van der Waals surface area contributed by atoms with Crippen molar-refractivity contribution < 1.29 is 15.3 Å². The van der Waals surface area contributed by atoms with E-state index in [0.29, 0.717) is 29.6 Å². The van der Waals surface area contributed by atoms with Crippen molar-refractivity contribution in [2.45, 2.75) is 110 Å². The lowest BCUT2D eigenvalue weighted by Crippen LogP contribution is -2.38. The van der Waals surface area contributed by atoms with E-state index < -0.39 is 11.7 Å². The number of fused-ring (bicyclic) bond motifs is 1.